The van der Waals surface area contributed by atoms with E-state index in [-0.39, 0.29) is 5.97 Å². The molecule has 0 spiro atoms. The average molecular weight is 250 g/mol. The highest BCUT2D eigenvalue weighted by molar-refractivity contribution is 5.76. The molecule has 0 saturated carbocycles. The van der Waals surface area contributed by atoms with E-state index in [2.05, 4.69) is 4.90 Å². The van der Waals surface area contributed by atoms with Gasteiger partial charge < -0.3 is 15.4 Å². The predicted molar refractivity (Wildman–Crippen MR) is 73.0 cm³/mol. The minimum atomic E-state index is -0.503. The molecule has 0 amide bonds. The summed E-state index contributed by atoms with van der Waals surface area (Å²) in [6, 6.07) is 7.76. The lowest BCUT2D eigenvalue weighted by atomic mass is 9.93. The molecular weight excluding hydrogens is 228 g/mol. The molecule has 100 valence electrons. The van der Waals surface area contributed by atoms with Crippen molar-refractivity contribution in [2.45, 2.75) is 20.4 Å². The molecule has 0 saturated heterocycles. The van der Waals surface area contributed by atoms with Crippen molar-refractivity contribution in [3.63, 3.8) is 0 Å². The van der Waals surface area contributed by atoms with Gasteiger partial charge in [-0.25, -0.2) is 0 Å². The number of anilines is 1. The fourth-order valence-corrected chi connectivity index (χ4v) is 2.01. The van der Waals surface area contributed by atoms with E-state index in [0.29, 0.717) is 6.54 Å². The van der Waals surface area contributed by atoms with Crippen LogP contribution in [0.25, 0.3) is 0 Å². The summed E-state index contributed by atoms with van der Waals surface area (Å²) in [6.45, 7) is 5.20. The largest absolute Gasteiger partial charge is 0.469 e. The number of ether oxygens (including phenoxy) is 1. The molecule has 0 aliphatic rings. The molecule has 0 atom stereocenters. The van der Waals surface area contributed by atoms with Gasteiger partial charge in [-0.05, 0) is 38.6 Å². The molecule has 1 aromatic rings. The number of methoxy groups -OCH3 is 1. The fourth-order valence-electron chi connectivity index (χ4n) is 2.01. The van der Waals surface area contributed by atoms with Gasteiger partial charge in [0, 0.05) is 18.8 Å². The maximum Gasteiger partial charge on any atom is 0.312 e. The van der Waals surface area contributed by atoms with E-state index in [4.69, 9.17) is 10.5 Å². The minimum Gasteiger partial charge on any atom is -0.469 e. The standard InChI is InChI=1S/C14H22N2O2/c1-14(2,13(17)18-4)10-16(3)9-11-5-7-12(15)8-6-11/h5-8H,9-10,15H2,1-4H3. The third-order valence-corrected chi connectivity index (χ3v) is 2.84. The fraction of sp³-hybridized carbons (Fsp3) is 0.500. The third kappa shape index (κ3) is 4.04. The number of nitrogens with two attached hydrogens (primary N) is 1. The van der Waals surface area contributed by atoms with Crippen LogP contribution in [-0.4, -0.2) is 31.6 Å². The lowest BCUT2D eigenvalue weighted by Crippen LogP contribution is -2.37. The van der Waals surface area contributed by atoms with Gasteiger partial charge in [0.25, 0.3) is 0 Å². The van der Waals surface area contributed by atoms with E-state index in [1.165, 1.54) is 12.7 Å². The summed E-state index contributed by atoms with van der Waals surface area (Å²) in [7, 11) is 3.41. The van der Waals surface area contributed by atoms with Gasteiger partial charge in [-0.1, -0.05) is 12.1 Å². The Labute approximate surface area is 109 Å². The van der Waals surface area contributed by atoms with Crippen LogP contribution in [0.5, 0.6) is 0 Å². The van der Waals surface area contributed by atoms with E-state index >= 15 is 0 Å². The molecule has 0 bridgehead atoms. The zero-order valence-corrected chi connectivity index (χ0v) is 11.6. The molecule has 4 nitrogen and oxygen atoms in total. The molecule has 0 aliphatic carbocycles. The average Bonchev–Trinajstić information content (AvgIpc) is 2.30. The van der Waals surface area contributed by atoms with Crippen LogP contribution in [0.2, 0.25) is 0 Å². The number of nitrogen functional groups attached to an aromatic ring is 1. The van der Waals surface area contributed by atoms with E-state index < -0.39 is 5.41 Å². The Morgan fingerprint density at radius 3 is 2.39 bits per heavy atom. The topological polar surface area (TPSA) is 55.6 Å². The Morgan fingerprint density at radius 1 is 1.33 bits per heavy atom. The maximum atomic E-state index is 11.6. The second kappa shape index (κ2) is 5.87. The molecule has 1 rings (SSSR count). The van der Waals surface area contributed by atoms with Crippen molar-refractivity contribution in [3.05, 3.63) is 29.8 Å². The molecule has 2 N–H and O–H groups in total. The van der Waals surface area contributed by atoms with Crippen molar-refractivity contribution < 1.29 is 9.53 Å². The monoisotopic (exact) mass is 250 g/mol. The summed E-state index contributed by atoms with van der Waals surface area (Å²) in [5, 5.41) is 0. The molecule has 0 aromatic heterocycles. The highest BCUT2D eigenvalue weighted by atomic mass is 16.5. The van der Waals surface area contributed by atoms with Crippen LogP contribution in [-0.2, 0) is 16.1 Å². The van der Waals surface area contributed by atoms with Crippen molar-refractivity contribution in [1.29, 1.82) is 0 Å². The Balaban J connectivity index is 2.58. The first-order chi connectivity index (χ1) is 8.35. The van der Waals surface area contributed by atoms with E-state index in [1.807, 2.05) is 45.2 Å². The second-order valence-corrected chi connectivity index (χ2v) is 5.29. The molecule has 18 heavy (non-hydrogen) atoms. The summed E-state index contributed by atoms with van der Waals surface area (Å²) in [6.07, 6.45) is 0. The molecule has 0 aliphatic heterocycles. The number of carbonyl (C=O) groups excluding carboxylic acids is 1. The number of benzene rings is 1. The second-order valence-electron chi connectivity index (χ2n) is 5.29. The Kier molecular flexibility index (Phi) is 4.73. The van der Waals surface area contributed by atoms with Gasteiger partial charge in [-0.15, -0.1) is 0 Å². The predicted octanol–water partition coefficient (Wildman–Crippen LogP) is 1.90. The van der Waals surface area contributed by atoms with Gasteiger partial charge in [0.1, 0.15) is 0 Å². The smallest absolute Gasteiger partial charge is 0.312 e. The Bertz CT molecular complexity index is 399. The Hall–Kier alpha value is -1.55. The molecule has 1 aromatic carbocycles. The summed E-state index contributed by atoms with van der Waals surface area (Å²) in [5.41, 5.74) is 7.07. The van der Waals surface area contributed by atoms with Gasteiger partial charge >= 0.3 is 5.97 Å². The molecule has 4 heteroatoms. The number of hydrogen-bond acceptors (Lipinski definition) is 4. The van der Waals surface area contributed by atoms with Gasteiger partial charge in [0.2, 0.25) is 0 Å². The van der Waals surface area contributed by atoms with Crippen LogP contribution < -0.4 is 5.73 Å². The van der Waals surface area contributed by atoms with Gasteiger partial charge in [0.15, 0.2) is 0 Å². The van der Waals surface area contributed by atoms with Crippen LogP contribution in [0.1, 0.15) is 19.4 Å². The molecular formula is C14H22N2O2. The van der Waals surface area contributed by atoms with Crippen LogP contribution in [0.15, 0.2) is 24.3 Å². The SMILES string of the molecule is COC(=O)C(C)(C)CN(C)Cc1ccc(N)cc1. The van der Waals surface area contributed by atoms with Gasteiger partial charge in [-0.3, -0.25) is 4.79 Å². The van der Waals surface area contributed by atoms with Crippen molar-refractivity contribution in [2.24, 2.45) is 5.41 Å². The number of carbonyl (C=O) groups is 1. The van der Waals surface area contributed by atoms with Crippen molar-refractivity contribution in [2.75, 3.05) is 26.4 Å². The van der Waals surface area contributed by atoms with Crippen molar-refractivity contribution >= 4 is 11.7 Å². The Morgan fingerprint density at radius 2 is 1.89 bits per heavy atom. The minimum absolute atomic E-state index is 0.188. The first kappa shape index (κ1) is 14.5. The van der Waals surface area contributed by atoms with Crippen molar-refractivity contribution in [1.82, 2.24) is 4.90 Å². The van der Waals surface area contributed by atoms with E-state index in [0.717, 1.165) is 12.2 Å². The zero-order valence-electron chi connectivity index (χ0n) is 11.6. The summed E-state index contributed by atoms with van der Waals surface area (Å²) in [5.74, 6) is -0.188. The normalized spacial score (nSPS) is 11.6. The first-order valence-electron chi connectivity index (χ1n) is 5.96. The molecule has 0 radical (unpaired) electrons. The third-order valence-electron chi connectivity index (χ3n) is 2.84. The van der Waals surface area contributed by atoms with Crippen LogP contribution in [0.3, 0.4) is 0 Å². The van der Waals surface area contributed by atoms with Gasteiger partial charge in [-0.2, -0.15) is 0 Å². The molecule has 0 heterocycles. The van der Waals surface area contributed by atoms with Gasteiger partial charge in [0.05, 0.1) is 12.5 Å². The zero-order chi connectivity index (χ0) is 13.8. The summed E-state index contributed by atoms with van der Waals surface area (Å²) in [4.78, 5) is 13.7. The highest BCUT2D eigenvalue weighted by Gasteiger charge is 2.29. The quantitative estimate of drug-likeness (QED) is 0.640. The maximum absolute atomic E-state index is 11.6. The first-order valence-corrected chi connectivity index (χ1v) is 5.96. The summed E-state index contributed by atoms with van der Waals surface area (Å²) < 4.78 is 4.80. The highest BCUT2D eigenvalue weighted by Crippen LogP contribution is 2.19. The number of esters is 1. The molecule has 0 fully saturated rings. The molecule has 0 unspecified atom stereocenters. The number of hydrogen-bond donors (Lipinski definition) is 1. The number of rotatable bonds is 5. The summed E-state index contributed by atoms with van der Waals surface area (Å²) >= 11 is 0. The van der Waals surface area contributed by atoms with Crippen molar-refractivity contribution in [3.8, 4) is 0 Å². The van der Waals surface area contributed by atoms with Crippen LogP contribution in [0, 0.1) is 5.41 Å². The van der Waals surface area contributed by atoms with E-state index in [9.17, 15) is 4.79 Å². The van der Waals surface area contributed by atoms with Crippen LogP contribution in [0.4, 0.5) is 5.69 Å². The lowest BCUT2D eigenvalue weighted by molar-refractivity contribution is -0.151. The van der Waals surface area contributed by atoms with Crippen LogP contribution >= 0.6 is 0 Å². The lowest BCUT2D eigenvalue weighted by Gasteiger charge is -2.27. The van der Waals surface area contributed by atoms with E-state index in [1.54, 1.807) is 0 Å². The number of nitrogens with zero attached hydrogens (tertiary/aromatic N) is 1.